The number of nitrogens with one attached hydrogen (secondary N) is 1. The first-order valence-electron chi connectivity index (χ1n) is 3.91. The Morgan fingerprint density at radius 1 is 1.62 bits per heavy atom. The van der Waals surface area contributed by atoms with E-state index >= 15 is 0 Å². The van der Waals surface area contributed by atoms with E-state index in [1.807, 2.05) is 0 Å². The van der Waals surface area contributed by atoms with Gasteiger partial charge >= 0.3 is 0 Å². The van der Waals surface area contributed by atoms with E-state index in [1.165, 1.54) is 0 Å². The highest BCUT2D eigenvalue weighted by molar-refractivity contribution is 7.88. The first kappa shape index (κ1) is 10.2. The summed E-state index contributed by atoms with van der Waals surface area (Å²) >= 11 is 0. The minimum atomic E-state index is -3.05. The summed E-state index contributed by atoms with van der Waals surface area (Å²) in [4.78, 5) is 0. The molecule has 1 aromatic heterocycles. The maximum atomic E-state index is 10.7. The van der Waals surface area contributed by atoms with Crippen molar-refractivity contribution in [2.75, 3.05) is 12.8 Å². The summed E-state index contributed by atoms with van der Waals surface area (Å²) in [5, 5.41) is 3.54. The van der Waals surface area contributed by atoms with E-state index in [0.29, 0.717) is 6.54 Å². The first-order valence-corrected chi connectivity index (χ1v) is 5.80. The zero-order chi connectivity index (χ0) is 9.73. The molecular formula is C7H12N2O3S. The molecule has 0 atom stereocenters. The van der Waals surface area contributed by atoms with Gasteiger partial charge in [0.15, 0.2) is 0 Å². The van der Waals surface area contributed by atoms with E-state index in [9.17, 15) is 8.42 Å². The Balaban J connectivity index is 2.16. The van der Waals surface area contributed by atoms with Gasteiger partial charge in [0.05, 0.1) is 12.5 Å². The molecule has 1 N–H and O–H groups in total. The minimum Gasteiger partial charge on any atom is -0.364 e. The molecule has 0 saturated heterocycles. The highest BCUT2D eigenvalue weighted by Gasteiger charge is 2.00. The van der Waals surface area contributed by atoms with Crippen molar-refractivity contribution >= 4 is 10.0 Å². The van der Waals surface area contributed by atoms with Crippen molar-refractivity contribution in [3.8, 4) is 0 Å². The van der Waals surface area contributed by atoms with Crippen molar-refractivity contribution in [2.45, 2.75) is 12.8 Å². The molecule has 1 aromatic rings. The molecule has 0 unspecified atom stereocenters. The van der Waals surface area contributed by atoms with Crippen molar-refractivity contribution < 1.29 is 12.9 Å². The highest BCUT2D eigenvalue weighted by atomic mass is 32.2. The third kappa shape index (κ3) is 4.64. The predicted molar refractivity (Wildman–Crippen MR) is 47.7 cm³/mol. The number of hydrogen-bond donors (Lipinski definition) is 1. The predicted octanol–water partition coefficient (Wildman–Crippen LogP) is 0.156. The van der Waals surface area contributed by atoms with Crippen molar-refractivity contribution in [1.29, 1.82) is 0 Å². The van der Waals surface area contributed by atoms with Crippen LogP contribution in [0.25, 0.3) is 0 Å². The molecule has 74 valence electrons. The zero-order valence-electron chi connectivity index (χ0n) is 7.36. The molecule has 0 amide bonds. The third-order valence-corrected chi connectivity index (χ3v) is 2.22. The van der Waals surface area contributed by atoms with Gasteiger partial charge in [0.25, 0.3) is 0 Å². The Morgan fingerprint density at radius 2 is 2.38 bits per heavy atom. The van der Waals surface area contributed by atoms with Gasteiger partial charge in [0, 0.05) is 12.1 Å². The fourth-order valence-corrected chi connectivity index (χ4v) is 1.42. The van der Waals surface area contributed by atoms with Gasteiger partial charge in [-0.1, -0.05) is 5.16 Å². The molecule has 5 nitrogen and oxygen atoms in total. The third-order valence-electron chi connectivity index (χ3n) is 1.49. The number of aryl methyl sites for hydroxylation is 1. The van der Waals surface area contributed by atoms with Crippen molar-refractivity contribution in [3.63, 3.8) is 0 Å². The molecule has 0 aliphatic heterocycles. The van der Waals surface area contributed by atoms with Crippen LogP contribution < -0.4 is 4.72 Å². The van der Waals surface area contributed by atoms with Crippen LogP contribution in [-0.2, 0) is 16.4 Å². The molecule has 0 fully saturated rings. The standard InChI is InChI=1S/C7H12N2O3S/c1-13(10,11)9-4-2-3-7-5-8-12-6-7/h5-6,9H,2-4H2,1H3. The van der Waals surface area contributed by atoms with Gasteiger partial charge in [0.2, 0.25) is 10.0 Å². The second kappa shape index (κ2) is 4.38. The number of hydrogen-bond acceptors (Lipinski definition) is 4. The van der Waals surface area contributed by atoms with Gasteiger partial charge < -0.3 is 4.52 Å². The molecule has 0 spiro atoms. The van der Waals surface area contributed by atoms with Crippen LogP contribution in [0.4, 0.5) is 0 Å². The minimum absolute atomic E-state index is 0.448. The summed E-state index contributed by atoms with van der Waals surface area (Å²) < 4.78 is 28.3. The van der Waals surface area contributed by atoms with Crippen molar-refractivity contribution in [3.05, 3.63) is 18.0 Å². The van der Waals surface area contributed by atoms with Crippen molar-refractivity contribution in [2.24, 2.45) is 0 Å². The lowest BCUT2D eigenvalue weighted by Crippen LogP contribution is -2.23. The summed E-state index contributed by atoms with van der Waals surface area (Å²) in [6.45, 7) is 0.448. The lowest BCUT2D eigenvalue weighted by Gasteiger charge is -1.99. The number of sulfonamides is 1. The highest BCUT2D eigenvalue weighted by Crippen LogP contribution is 1.99. The molecule has 0 bridgehead atoms. The number of rotatable bonds is 5. The van der Waals surface area contributed by atoms with E-state index in [1.54, 1.807) is 12.5 Å². The Hall–Kier alpha value is -0.880. The van der Waals surface area contributed by atoms with Gasteiger partial charge in [-0.15, -0.1) is 0 Å². The van der Waals surface area contributed by atoms with E-state index in [0.717, 1.165) is 24.7 Å². The van der Waals surface area contributed by atoms with Gasteiger partial charge in [0.1, 0.15) is 6.26 Å². The quantitative estimate of drug-likeness (QED) is 0.693. The number of nitrogens with zero attached hydrogens (tertiary/aromatic N) is 1. The maximum absolute atomic E-state index is 10.7. The molecule has 13 heavy (non-hydrogen) atoms. The largest absolute Gasteiger partial charge is 0.364 e. The summed E-state index contributed by atoms with van der Waals surface area (Å²) in [6, 6.07) is 0. The molecule has 1 rings (SSSR count). The van der Waals surface area contributed by atoms with Crippen LogP contribution in [0.15, 0.2) is 17.0 Å². The Bertz CT molecular complexity index is 331. The lowest BCUT2D eigenvalue weighted by molar-refractivity contribution is 0.419. The molecule has 0 radical (unpaired) electrons. The van der Waals surface area contributed by atoms with Crippen LogP contribution in [0.2, 0.25) is 0 Å². The zero-order valence-corrected chi connectivity index (χ0v) is 8.17. The molecule has 6 heteroatoms. The van der Waals surface area contributed by atoms with Crippen LogP contribution in [0.1, 0.15) is 12.0 Å². The van der Waals surface area contributed by atoms with Crippen LogP contribution in [0.5, 0.6) is 0 Å². The van der Waals surface area contributed by atoms with Crippen LogP contribution in [0, 0.1) is 0 Å². The van der Waals surface area contributed by atoms with Crippen molar-refractivity contribution in [1.82, 2.24) is 9.88 Å². The molecule has 0 aliphatic rings. The van der Waals surface area contributed by atoms with Gasteiger partial charge in [-0.3, -0.25) is 0 Å². The van der Waals surface area contributed by atoms with Crippen LogP contribution in [-0.4, -0.2) is 26.4 Å². The molecule has 0 aromatic carbocycles. The first-order chi connectivity index (χ1) is 6.08. The molecule has 1 heterocycles. The van der Waals surface area contributed by atoms with Gasteiger partial charge in [-0.25, -0.2) is 13.1 Å². The molecular weight excluding hydrogens is 192 g/mol. The fourth-order valence-electron chi connectivity index (χ4n) is 0.900. The van der Waals surface area contributed by atoms with Gasteiger partial charge in [-0.05, 0) is 12.8 Å². The van der Waals surface area contributed by atoms with Gasteiger partial charge in [-0.2, -0.15) is 0 Å². The average molecular weight is 204 g/mol. The molecule has 0 aliphatic carbocycles. The van der Waals surface area contributed by atoms with E-state index in [4.69, 9.17) is 0 Å². The van der Waals surface area contributed by atoms with E-state index in [-0.39, 0.29) is 0 Å². The maximum Gasteiger partial charge on any atom is 0.208 e. The Labute approximate surface area is 77.2 Å². The summed E-state index contributed by atoms with van der Waals surface area (Å²) in [7, 11) is -3.05. The van der Waals surface area contributed by atoms with E-state index in [2.05, 4.69) is 14.4 Å². The normalized spacial score (nSPS) is 11.8. The Kier molecular flexibility index (Phi) is 3.44. The smallest absolute Gasteiger partial charge is 0.208 e. The SMILES string of the molecule is CS(=O)(=O)NCCCc1cnoc1. The topological polar surface area (TPSA) is 72.2 Å². The van der Waals surface area contributed by atoms with E-state index < -0.39 is 10.0 Å². The number of aromatic nitrogens is 1. The average Bonchev–Trinajstić information content (AvgIpc) is 2.48. The fraction of sp³-hybridized carbons (Fsp3) is 0.571. The molecule has 0 saturated carbocycles. The second-order valence-electron chi connectivity index (χ2n) is 2.80. The Morgan fingerprint density at radius 3 is 2.92 bits per heavy atom. The monoisotopic (exact) mass is 204 g/mol. The summed E-state index contributed by atoms with van der Waals surface area (Å²) in [5.74, 6) is 0. The van der Waals surface area contributed by atoms with Crippen LogP contribution in [0.3, 0.4) is 0 Å². The summed E-state index contributed by atoms with van der Waals surface area (Å²) in [5.41, 5.74) is 0.982. The lowest BCUT2D eigenvalue weighted by atomic mass is 10.2. The van der Waals surface area contributed by atoms with Crippen LogP contribution >= 0.6 is 0 Å². The summed E-state index contributed by atoms with van der Waals surface area (Å²) in [6.07, 6.45) is 5.84. The second-order valence-corrected chi connectivity index (χ2v) is 4.64.